The Balaban J connectivity index is 1.58. The summed E-state index contributed by atoms with van der Waals surface area (Å²) in [6, 6.07) is 19.2. The smallest absolute Gasteiger partial charge is 0.0159 e. The molecule has 0 unspecified atom stereocenters. The highest BCUT2D eigenvalue weighted by Gasteiger charge is 2.34. The molecule has 1 fully saturated rings. The molecule has 0 spiro atoms. The van der Waals surface area contributed by atoms with Crippen molar-refractivity contribution in [2.45, 2.75) is 83.5 Å². The lowest BCUT2D eigenvalue weighted by Gasteiger charge is -2.37. The van der Waals surface area contributed by atoms with Crippen molar-refractivity contribution in [2.75, 3.05) is 0 Å². The van der Waals surface area contributed by atoms with Gasteiger partial charge in [0.1, 0.15) is 0 Å². The van der Waals surface area contributed by atoms with Gasteiger partial charge in [-0.1, -0.05) is 81.8 Å². The van der Waals surface area contributed by atoms with Crippen molar-refractivity contribution < 1.29 is 0 Å². The Hall–Kier alpha value is -2.34. The van der Waals surface area contributed by atoms with Gasteiger partial charge in [0.25, 0.3) is 0 Å². The Morgan fingerprint density at radius 1 is 0.938 bits per heavy atom. The number of benzene rings is 3. The zero-order valence-electron chi connectivity index (χ0n) is 20.2. The van der Waals surface area contributed by atoms with E-state index in [1.165, 1.54) is 83.5 Å². The third-order valence-corrected chi connectivity index (χ3v) is 8.40. The zero-order chi connectivity index (χ0) is 22.3. The highest BCUT2D eigenvalue weighted by molar-refractivity contribution is 6.04. The van der Waals surface area contributed by atoms with Crippen LogP contribution >= 0.6 is 0 Å². The summed E-state index contributed by atoms with van der Waals surface area (Å²) in [4.78, 5) is 0. The fraction of sp³-hybridized carbons (Fsp3) is 0.438. The molecule has 2 aliphatic rings. The van der Waals surface area contributed by atoms with Gasteiger partial charge >= 0.3 is 0 Å². The maximum atomic E-state index is 3.91. The van der Waals surface area contributed by atoms with Gasteiger partial charge in [-0.25, -0.2) is 0 Å². The number of hydrogen-bond donors (Lipinski definition) is 0. The number of allylic oxidation sites excluding steroid dienone is 1. The van der Waals surface area contributed by atoms with Crippen molar-refractivity contribution >= 4 is 10.8 Å². The second kappa shape index (κ2) is 8.54. The summed E-state index contributed by atoms with van der Waals surface area (Å²) in [6.45, 7) is 11.0. The molecule has 0 atom stereocenters. The first-order valence-electron chi connectivity index (χ1n) is 12.8. The Morgan fingerprint density at radius 3 is 2.47 bits per heavy atom. The molecule has 3 aromatic rings. The van der Waals surface area contributed by atoms with Crippen LogP contribution in [0.3, 0.4) is 0 Å². The van der Waals surface area contributed by atoms with E-state index in [9.17, 15) is 0 Å². The molecule has 32 heavy (non-hydrogen) atoms. The van der Waals surface area contributed by atoms with Gasteiger partial charge in [0, 0.05) is 5.41 Å². The van der Waals surface area contributed by atoms with Gasteiger partial charge in [0.05, 0.1) is 0 Å². The molecule has 1 saturated carbocycles. The van der Waals surface area contributed by atoms with Crippen molar-refractivity contribution in [1.82, 2.24) is 0 Å². The quantitative estimate of drug-likeness (QED) is 0.347. The van der Waals surface area contributed by atoms with Gasteiger partial charge in [-0.15, -0.1) is 6.58 Å². The Bertz CT molecular complexity index is 1140. The molecule has 0 heterocycles. The fourth-order valence-electron chi connectivity index (χ4n) is 6.58. The lowest BCUT2D eigenvalue weighted by Crippen LogP contribution is -2.24. The predicted molar refractivity (Wildman–Crippen MR) is 140 cm³/mol. The lowest BCUT2D eigenvalue weighted by molar-refractivity contribution is 0.313. The summed E-state index contributed by atoms with van der Waals surface area (Å²) in [6.07, 6.45) is 12.4. The van der Waals surface area contributed by atoms with Gasteiger partial charge < -0.3 is 0 Å². The van der Waals surface area contributed by atoms with E-state index in [-0.39, 0.29) is 5.41 Å². The molecule has 3 aromatic carbocycles. The third kappa shape index (κ3) is 3.53. The number of rotatable bonds is 6. The van der Waals surface area contributed by atoms with Crippen LogP contribution in [0.1, 0.15) is 93.9 Å². The Kier molecular flexibility index (Phi) is 5.74. The minimum Gasteiger partial charge on any atom is -0.103 e. The molecule has 0 nitrogen and oxygen atoms in total. The molecule has 0 aliphatic heterocycles. The SMILES string of the molecule is C=CCCC1CCC(c2ccc3c4c(cccc24)C(C)(C)c2cc(CCC)ccc2-3)CC1. The molecular formula is C32H38. The molecular weight excluding hydrogens is 384 g/mol. The molecule has 2 aliphatic carbocycles. The van der Waals surface area contributed by atoms with Crippen molar-refractivity contribution in [1.29, 1.82) is 0 Å². The van der Waals surface area contributed by atoms with Crippen LogP contribution in [0.2, 0.25) is 0 Å². The summed E-state index contributed by atoms with van der Waals surface area (Å²) in [5.74, 6) is 1.60. The van der Waals surface area contributed by atoms with Crippen LogP contribution in [-0.2, 0) is 11.8 Å². The van der Waals surface area contributed by atoms with Crippen LogP contribution in [0.5, 0.6) is 0 Å². The van der Waals surface area contributed by atoms with E-state index in [0.717, 1.165) is 12.3 Å². The van der Waals surface area contributed by atoms with Gasteiger partial charge in [0.2, 0.25) is 0 Å². The van der Waals surface area contributed by atoms with Gasteiger partial charge in [0.15, 0.2) is 0 Å². The van der Waals surface area contributed by atoms with Gasteiger partial charge in [-0.05, 0) is 101 Å². The molecule has 0 saturated heterocycles. The van der Waals surface area contributed by atoms with Gasteiger partial charge in [-0.2, -0.15) is 0 Å². The maximum absolute atomic E-state index is 3.91. The predicted octanol–water partition coefficient (Wildman–Crippen LogP) is 9.34. The van der Waals surface area contributed by atoms with Gasteiger partial charge in [-0.3, -0.25) is 0 Å². The summed E-state index contributed by atoms with van der Waals surface area (Å²) >= 11 is 0. The highest BCUT2D eigenvalue weighted by Crippen LogP contribution is 2.51. The standard InChI is InChI=1S/C32H38/c1-5-7-10-22-13-16-24(17-14-22)25-19-20-28-26-18-15-23(9-6-2)21-30(26)32(3,4)29-12-8-11-27(25)31(28)29/h5,8,11-12,15,18-22,24H,1,6-7,9-10,13-14,16-17H2,2-4H3. The number of fused-ring (bicyclic) bond motifs is 2. The summed E-state index contributed by atoms with van der Waals surface area (Å²) in [5.41, 5.74) is 8.99. The number of hydrogen-bond acceptors (Lipinski definition) is 0. The van der Waals surface area contributed by atoms with Crippen LogP contribution in [-0.4, -0.2) is 0 Å². The van der Waals surface area contributed by atoms with Crippen LogP contribution in [0.4, 0.5) is 0 Å². The normalized spacial score (nSPS) is 21.3. The first-order chi connectivity index (χ1) is 15.5. The largest absolute Gasteiger partial charge is 0.103 e. The Morgan fingerprint density at radius 2 is 1.72 bits per heavy atom. The van der Waals surface area contributed by atoms with Crippen molar-refractivity contribution in [2.24, 2.45) is 5.92 Å². The monoisotopic (exact) mass is 422 g/mol. The molecule has 0 N–H and O–H groups in total. The van der Waals surface area contributed by atoms with E-state index in [2.05, 4.69) is 82.0 Å². The van der Waals surface area contributed by atoms with Crippen LogP contribution in [0.25, 0.3) is 21.9 Å². The first kappa shape index (κ1) is 21.5. The summed E-state index contributed by atoms with van der Waals surface area (Å²) in [7, 11) is 0. The average Bonchev–Trinajstić information content (AvgIpc) is 2.82. The minimum absolute atomic E-state index is 0.0343. The molecule has 5 rings (SSSR count). The van der Waals surface area contributed by atoms with E-state index in [1.807, 2.05) is 0 Å². The molecule has 166 valence electrons. The first-order valence-corrected chi connectivity index (χ1v) is 12.8. The Labute approximate surface area is 194 Å². The topological polar surface area (TPSA) is 0 Å². The van der Waals surface area contributed by atoms with Crippen LogP contribution in [0, 0.1) is 5.92 Å². The fourth-order valence-corrected chi connectivity index (χ4v) is 6.58. The van der Waals surface area contributed by atoms with Crippen LogP contribution in [0.15, 0.2) is 61.2 Å². The minimum atomic E-state index is 0.0343. The lowest BCUT2D eigenvalue weighted by atomic mass is 9.67. The van der Waals surface area contributed by atoms with E-state index >= 15 is 0 Å². The molecule has 0 bridgehead atoms. The zero-order valence-corrected chi connectivity index (χ0v) is 20.2. The maximum Gasteiger partial charge on any atom is 0.0159 e. The molecule has 0 amide bonds. The number of aryl methyl sites for hydroxylation is 1. The van der Waals surface area contributed by atoms with Crippen molar-refractivity contribution in [3.8, 4) is 11.1 Å². The summed E-state index contributed by atoms with van der Waals surface area (Å²) < 4.78 is 0. The van der Waals surface area contributed by atoms with E-state index in [4.69, 9.17) is 0 Å². The van der Waals surface area contributed by atoms with Crippen molar-refractivity contribution in [3.05, 3.63) is 83.4 Å². The van der Waals surface area contributed by atoms with Crippen LogP contribution < -0.4 is 0 Å². The summed E-state index contributed by atoms with van der Waals surface area (Å²) in [5, 5.41) is 3.02. The second-order valence-electron chi connectivity index (χ2n) is 10.8. The second-order valence-corrected chi connectivity index (χ2v) is 10.8. The third-order valence-electron chi connectivity index (χ3n) is 8.40. The highest BCUT2D eigenvalue weighted by atomic mass is 14.4. The average molecular weight is 423 g/mol. The molecule has 0 radical (unpaired) electrons. The van der Waals surface area contributed by atoms with E-state index in [0.29, 0.717) is 5.92 Å². The van der Waals surface area contributed by atoms with Crippen molar-refractivity contribution in [3.63, 3.8) is 0 Å². The van der Waals surface area contributed by atoms with E-state index in [1.54, 1.807) is 5.56 Å². The molecule has 0 aromatic heterocycles. The van der Waals surface area contributed by atoms with E-state index < -0.39 is 0 Å². The molecule has 0 heteroatoms.